The highest BCUT2D eigenvalue weighted by molar-refractivity contribution is 7.92. The SMILES string of the molecule is NCCC1CCCN1C1CS(=O)(=O)C1. The Morgan fingerprint density at radius 3 is 2.64 bits per heavy atom. The van der Waals surface area contributed by atoms with E-state index in [4.69, 9.17) is 5.73 Å². The predicted molar refractivity (Wildman–Crippen MR) is 55.8 cm³/mol. The molecule has 0 aromatic heterocycles. The van der Waals surface area contributed by atoms with Crippen molar-refractivity contribution in [2.24, 2.45) is 5.73 Å². The number of nitrogens with two attached hydrogens (primary N) is 1. The fourth-order valence-electron chi connectivity index (χ4n) is 2.57. The van der Waals surface area contributed by atoms with Crippen molar-refractivity contribution in [3.8, 4) is 0 Å². The largest absolute Gasteiger partial charge is 0.330 e. The zero-order valence-corrected chi connectivity index (χ0v) is 9.17. The Morgan fingerprint density at radius 2 is 2.07 bits per heavy atom. The van der Waals surface area contributed by atoms with Crippen molar-refractivity contribution in [3.63, 3.8) is 0 Å². The summed E-state index contributed by atoms with van der Waals surface area (Å²) >= 11 is 0. The van der Waals surface area contributed by atoms with Gasteiger partial charge in [-0.25, -0.2) is 8.42 Å². The van der Waals surface area contributed by atoms with Gasteiger partial charge in [0.15, 0.2) is 9.84 Å². The van der Waals surface area contributed by atoms with Crippen LogP contribution in [0.25, 0.3) is 0 Å². The Balaban J connectivity index is 1.91. The third-order valence-electron chi connectivity index (χ3n) is 3.28. The first-order valence-corrected chi connectivity index (χ1v) is 7.11. The molecule has 14 heavy (non-hydrogen) atoms. The molecule has 0 radical (unpaired) electrons. The summed E-state index contributed by atoms with van der Waals surface area (Å²) in [5.74, 6) is 0.738. The monoisotopic (exact) mass is 218 g/mol. The van der Waals surface area contributed by atoms with E-state index in [9.17, 15) is 8.42 Å². The van der Waals surface area contributed by atoms with Crippen LogP contribution in [-0.4, -0.2) is 50.0 Å². The van der Waals surface area contributed by atoms with E-state index >= 15 is 0 Å². The third kappa shape index (κ3) is 1.94. The van der Waals surface area contributed by atoms with Gasteiger partial charge < -0.3 is 5.73 Å². The van der Waals surface area contributed by atoms with E-state index in [1.165, 1.54) is 12.8 Å². The van der Waals surface area contributed by atoms with Gasteiger partial charge in [0, 0.05) is 12.1 Å². The van der Waals surface area contributed by atoms with Crippen LogP contribution in [0.1, 0.15) is 19.3 Å². The molecule has 0 spiro atoms. The molecular weight excluding hydrogens is 200 g/mol. The molecule has 4 nitrogen and oxygen atoms in total. The Labute approximate surface area is 85.4 Å². The van der Waals surface area contributed by atoms with Gasteiger partial charge in [0.05, 0.1) is 11.5 Å². The van der Waals surface area contributed by atoms with Crippen LogP contribution in [0.15, 0.2) is 0 Å². The normalized spacial score (nSPS) is 33.1. The predicted octanol–water partition coefficient (Wildman–Crippen LogP) is -0.403. The Kier molecular flexibility index (Phi) is 2.81. The topological polar surface area (TPSA) is 63.4 Å². The van der Waals surface area contributed by atoms with Gasteiger partial charge >= 0.3 is 0 Å². The molecule has 82 valence electrons. The Morgan fingerprint density at radius 1 is 1.36 bits per heavy atom. The maximum Gasteiger partial charge on any atom is 0.153 e. The van der Waals surface area contributed by atoms with Gasteiger partial charge in [-0.2, -0.15) is 0 Å². The minimum atomic E-state index is -2.68. The summed E-state index contributed by atoms with van der Waals surface area (Å²) in [6.45, 7) is 1.77. The maximum absolute atomic E-state index is 11.1. The van der Waals surface area contributed by atoms with Crippen LogP contribution in [-0.2, 0) is 9.84 Å². The molecule has 0 bridgehead atoms. The molecule has 2 rings (SSSR count). The molecule has 2 N–H and O–H groups in total. The molecule has 0 aromatic carbocycles. The second-order valence-corrected chi connectivity index (χ2v) is 6.50. The second-order valence-electron chi connectivity index (χ2n) is 4.34. The Hall–Kier alpha value is -0.130. The fourth-order valence-corrected chi connectivity index (χ4v) is 4.03. The zero-order chi connectivity index (χ0) is 10.2. The van der Waals surface area contributed by atoms with Gasteiger partial charge in [0.1, 0.15) is 0 Å². The average molecular weight is 218 g/mol. The molecule has 0 amide bonds. The highest BCUT2D eigenvalue weighted by Gasteiger charge is 2.41. The van der Waals surface area contributed by atoms with Crippen molar-refractivity contribution in [2.75, 3.05) is 24.6 Å². The summed E-state index contributed by atoms with van der Waals surface area (Å²) in [5.41, 5.74) is 5.54. The molecule has 0 aliphatic carbocycles. The van der Waals surface area contributed by atoms with Crippen LogP contribution in [0.4, 0.5) is 0 Å². The number of rotatable bonds is 3. The highest BCUT2D eigenvalue weighted by atomic mass is 32.2. The molecular formula is C9H18N2O2S. The lowest BCUT2D eigenvalue weighted by molar-refractivity contribution is 0.190. The number of nitrogens with zero attached hydrogens (tertiary/aromatic N) is 1. The summed E-state index contributed by atoms with van der Waals surface area (Å²) in [6, 6.07) is 0.833. The molecule has 5 heteroatoms. The van der Waals surface area contributed by atoms with E-state index in [0.29, 0.717) is 30.1 Å². The molecule has 2 heterocycles. The fraction of sp³-hybridized carbons (Fsp3) is 1.00. The lowest BCUT2D eigenvalue weighted by Gasteiger charge is -2.38. The quantitative estimate of drug-likeness (QED) is 0.700. The van der Waals surface area contributed by atoms with Crippen LogP contribution < -0.4 is 5.73 Å². The minimum Gasteiger partial charge on any atom is -0.330 e. The summed E-state index contributed by atoms with van der Waals surface area (Å²) < 4.78 is 22.1. The van der Waals surface area contributed by atoms with E-state index in [0.717, 1.165) is 13.0 Å². The smallest absolute Gasteiger partial charge is 0.153 e. The Bertz CT molecular complexity index is 290. The first-order valence-electron chi connectivity index (χ1n) is 5.28. The number of sulfone groups is 1. The van der Waals surface area contributed by atoms with E-state index < -0.39 is 9.84 Å². The van der Waals surface area contributed by atoms with Crippen molar-refractivity contribution < 1.29 is 8.42 Å². The average Bonchev–Trinajstić information content (AvgIpc) is 2.48. The van der Waals surface area contributed by atoms with Crippen LogP contribution >= 0.6 is 0 Å². The zero-order valence-electron chi connectivity index (χ0n) is 8.35. The lowest BCUT2D eigenvalue weighted by atomic mass is 10.1. The third-order valence-corrected chi connectivity index (χ3v) is 5.07. The summed E-state index contributed by atoms with van der Waals surface area (Å²) in [7, 11) is -2.68. The summed E-state index contributed by atoms with van der Waals surface area (Å²) in [4.78, 5) is 2.36. The lowest BCUT2D eigenvalue weighted by Crippen LogP contribution is -2.54. The van der Waals surface area contributed by atoms with E-state index in [-0.39, 0.29) is 0 Å². The van der Waals surface area contributed by atoms with Crippen molar-refractivity contribution in [3.05, 3.63) is 0 Å². The van der Waals surface area contributed by atoms with E-state index in [2.05, 4.69) is 4.90 Å². The molecule has 0 saturated carbocycles. The first kappa shape index (κ1) is 10.4. The maximum atomic E-state index is 11.1. The highest BCUT2D eigenvalue weighted by Crippen LogP contribution is 2.27. The molecule has 0 aromatic rings. The van der Waals surface area contributed by atoms with Crippen LogP contribution in [0, 0.1) is 0 Å². The molecule has 2 aliphatic heterocycles. The molecule has 1 atom stereocenters. The number of hydrogen-bond donors (Lipinski definition) is 1. The van der Waals surface area contributed by atoms with Crippen molar-refractivity contribution in [2.45, 2.75) is 31.3 Å². The van der Waals surface area contributed by atoms with Gasteiger partial charge in [-0.1, -0.05) is 0 Å². The van der Waals surface area contributed by atoms with Crippen molar-refractivity contribution in [1.29, 1.82) is 0 Å². The molecule has 2 aliphatic rings. The second kappa shape index (κ2) is 3.79. The minimum absolute atomic E-state index is 0.291. The standard InChI is InChI=1S/C9H18N2O2S/c10-4-3-8-2-1-5-11(8)9-6-14(12,13)7-9/h8-9H,1-7,10H2. The van der Waals surface area contributed by atoms with Gasteiger partial charge in [-0.05, 0) is 32.4 Å². The van der Waals surface area contributed by atoms with Gasteiger partial charge in [-0.15, -0.1) is 0 Å². The molecule has 2 saturated heterocycles. The first-order chi connectivity index (χ1) is 6.62. The van der Waals surface area contributed by atoms with Crippen LogP contribution in [0.5, 0.6) is 0 Å². The van der Waals surface area contributed by atoms with E-state index in [1.54, 1.807) is 0 Å². The van der Waals surface area contributed by atoms with E-state index in [1.807, 2.05) is 0 Å². The molecule has 2 fully saturated rings. The summed E-state index contributed by atoms with van der Waals surface area (Å²) in [5, 5.41) is 0. The van der Waals surface area contributed by atoms with Crippen LogP contribution in [0.3, 0.4) is 0 Å². The van der Waals surface area contributed by atoms with Gasteiger partial charge in [-0.3, -0.25) is 4.90 Å². The van der Waals surface area contributed by atoms with Crippen LogP contribution in [0.2, 0.25) is 0 Å². The number of likely N-dealkylation sites (tertiary alicyclic amines) is 1. The van der Waals surface area contributed by atoms with Gasteiger partial charge in [0.2, 0.25) is 0 Å². The van der Waals surface area contributed by atoms with Crippen molar-refractivity contribution in [1.82, 2.24) is 4.90 Å². The molecule has 1 unspecified atom stereocenters. The summed E-state index contributed by atoms with van der Waals surface area (Å²) in [6.07, 6.45) is 3.39. The number of hydrogen-bond acceptors (Lipinski definition) is 4. The van der Waals surface area contributed by atoms with Gasteiger partial charge in [0.25, 0.3) is 0 Å². The van der Waals surface area contributed by atoms with Crippen molar-refractivity contribution >= 4 is 9.84 Å².